The van der Waals surface area contributed by atoms with Gasteiger partial charge in [-0.25, -0.2) is 5.09 Å². The summed E-state index contributed by atoms with van der Waals surface area (Å²) in [7, 11) is 0. The molecule has 0 aromatic carbocycles. The van der Waals surface area contributed by atoms with E-state index in [9.17, 15) is 4.57 Å². The zero-order valence-electron chi connectivity index (χ0n) is 9.52. The number of nitrogens with one attached hydrogen (secondary N) is 1. The molecule has 2 atom stereocenters. The van der Waals surface area contributed by atoms with Crippen molar-refractivity contribution in [3.05, 3.63) is 0 Å². The monoisotopic (exact) mass is 250 g/mol. The third-order valence-corrected chi connectivity index (χ3v) is 6.53. The highest BCUT2D eigenvalue weighted by atomic mass is 32.7. The van der Waals surface area contributed by atoms with Gasteiger partial charge in [0.25, 0.3) is 0 Å². The van der Waals surface area contributed by atoms with Gasteiger partial charge in [0.15, 0.2) is 0 Å². The summed E-state index contributed by atoms with van der Waals surface area (Å²) in [5, 5.41) is 11.5. The molecule has 0 saturated heterocycles. The van der Waals surface area contributed by atoms with Gasteiger partial charge in [0.05, 0.1) is 12.7 Å². The molecule has 0 aliphatic rings. The molecule has 0 aromatic heterocycles. The van der Waals surface area contributed by atoms with Crippen molar-refractivity contribution < 1.29 is 9.09 Å². The number of hydrogen-bond acceptors (Lipinski definition) is 4. The highest BCUT2D eigenvalue weighted by molar-refractivity contribution is 8.56. The Morgan fingerprint density at radius 3 is 2.73 bits per heavy atom. The van der Waals surface area contributed by atoms with Gasteiger partial charge in [-0.2, -0.15) is 5.26 Å². The fourth-order valence-electron chi connectivity index (χ4n) is 0.843. The van der Waals surface area contributed by atoms with E-state index < -0.39 is 6.72 Å². The topological polar surface area (TPSA) is 62.1 Å². The first-order valence-corrected chi connectivity index (χ1v) is 8.24. The van der Waals surface area contributed by atoms with Crippen LogP contribution >= 0.6 is 18.1 Å². The van der Waals surface area contributed by atoms with Gasteiger partial charge in [0.2, 0.25) is 0 Å². The van der Waals surface area contributed by atoms with Gasteiger partial charge >= 0.3 is 6.72 Å². The molecule has 88 valence electrons. The maximum absolute atomic E-state index is 12.2. The highest BCUT2D eigenvalue weighted by Gasteiger charge is 2.25. The Morgan fingerprint density at radius 1 is 1.60 bits per heavy atom. The summed E-state index contributed by atoms with van der Waals surface area (Å²) in [6, 6.07) is 2.00. The summed E-state index contributed by atoms with van der Waals surface area (Å²) >= 11 is 1.33. The number of nitrogens with zero attached hydrogens (tertiary/aromatic N) is 1. The molecule has 0 spiro atoms. The molecule has 0 radical (unpaired) electrons. The molecule has 6 heteroatoms. The van der Waals surface area contributed by atoms with E-state index in [-0.39, 0.29) is 5.25 Å². The van der Waals surface area contributed by atoms with E-state index in [1.807, 2.05) is 26.8 Å². The predicted molar refractivity (Wildman–Crippen MR) is 64.8 cm³/mol. The molecule has 0 aliphatic heterocycles. The van der Waals surface area contributed by atoms with Gasteiger partial charge < -0.3 is 4.52 Å². The van der Waals surface area contributed by atoms with Crippen LogP contribution < -0.4 is 5.09 Å². The Bertz CT molecular complexity index is 255. The molecule has 4 nitrogen and oxygen atoms in total. The number of nitriles is 1. The second kappa shape index (κ2) is 8.18. The Balaban J connectivity index is 4.19. The van der Waals surface area contributed by atoms with Crippen LogP contribution in [0, 0.1) is 11.3 Å². The van der Waals surface area contributed by atoms with Crippen molar-refractivity contribution in [2.24, 2.45) is 0 Å². The van der Waals surface area contributed by atoms with Crippen LogP contribution in [0.5, 0.6) is 0 Å². The van der Waals surface area contributed by atoms with Gasteiger partial charge in [0, 0.05) is 18.2 Å². The van der Waals surface area contributed by atoms with Crippen LogP contribution in [0.25, 0.3) is 0 Å². The first-order chi connectivity index (χ1) is 7.08. The summed E-state index contributed by atoms with van der Waals surface area (Å²) in [4.78, 5) is 0. The minimum atomic E-state index is -2.81. The molecule has 0 amide bonds. The molecular weight excluding hydrogens is 231 g/mol. The molecule has 2 unspecified atom stereocenters. The largest absolute Gasteiger partial charge is 0.326 e. The lowest BCUT2D eigenvalue weighted by atomic mass is 10.4. The van der Waals surface area contributed by atoms with Crippen LogP contribution in [-0.4, -0.2) is 18.4 Å². The van der Waals surface area contributed by atoms with Crippen molar-refractivity contribution in [3.8, 4) is 6.07 Å². The summed E-state index contributed by atoms with van der Waals surface area (Å²) < 4.78 is 17.4. The van der Waals surface area contributed by atoms with E-state index >= 15 is 0 Å². The maximum Gasteiger partial charge on any atom is 0.326 e. The Labute approximate surface area is 96.0 Å². The second-order valence-corrected chi connectivity index (χ2v) is 7.72. The average molecular weight is 250 g/mol. The van der Waals surface area contributed by atoms with Crippen molar-refractivity contribution in [3.63, 3.8) is 0 Å². The molecule has 0 saturated carbocycles. The summed E-state index contributed by atoms with van der Waals surface area (Å²) in [6.07, 6.45) is 1.29. The normalized spacial score (nSPS) is 16.7. The van der Waals surface area contributed by atoms with Crippen molar-refractivity contribution in [2.75, 3.05) is 13.2 Å². The summed E-state index contributed by atoms with van der Waals surface area (Å²) in [5.41, 5.74) is 0. The predicted octanol–water partition coefficient (Wildman–Crippen LogP) is 3.17. The van der Waals surface area contributed by atoms with E-state index in [0.29, 0.717) is 19.6 Å². The van der Waals surface area contributed by atoms with E-state index in [1.165, 1.54) is 11.4 Å². The van der Waals surface area contributed by atoms with Crippen LogP contribution in [0.15, 0.2) is 0 Å². The Hall–Kier alpha value is -0.0100. The van der Waals surface area contributed by atoms with Crippen molar-refractivity contribution >= 4 is 18.1 Å². The molecule has 0 aromatic rings. The van der Waals surface area contributed by atoms with Gasteiger partial charge in [-0.15, -0.1) is 0 Å². The zero-order valence-corrected chi connectivity index (χ0v) is 11.2. The molecule has 0 rings (SSSR count). The van der Waals surface area contributed by atoms with Gasteiger partial charge in [-0.1, -0.05) is 25.2 Å². The van der Waals surface area contributed by atoms with Crippen molar-refractivity contribution in [1.82, 2.24) is 5.09 Å². The van der Waals surface area contributed by atoms with Gasteiger partial charge in [0.1, 0.15) is 0 Å². The lowest BCUT2D eigenvalue weighted by Gasteiger charge is -2.20. The number of hydrogen-bond donors (Lipinski definition) is 1. The Morgan fingerprint density at radius 2 is 2.27 bits per heavy atom. The fourth-order valence-corrected chi connectivity index (χ4v) is 5.28. The van der Waals surface area contributed by atoms with Crippen LogP contribution in [0.4, 0.5) is 0 Å². The molecule has 0 heterocycles. The minimum absolute atomic E-state index is 0.289. The van der Waals surface area contributed by atoms with E-state index in [2.05, 4.69) is 5.09 Å². The summed E-state index contributed by atoms with van der Waals surface area (Å²) in [5.74, 6) is 0. The first kappa shape index (κ1) is 15.0. The quantitative estimate of drug-likeness (QED) is 0.529. The van der Waals surface area contributed by atoms with Crippen LogP contribution in [0.2, 0.25) is 0 Å². The first-order valence-electron chi connectivity index (χ1n) is 5.13. The molecule has 15 heavy (non-hydrogen) atoms. The smallest absolute Gasteiger partial charge is 0.310 e. The lowest BCUT2D eigenvalue weighted by molar-refractivity contribution is 0.338. The molecule has 1 N–H and O–H groups in total. The highest BCUT2D eigenvalue weighted by Crippen LogP contribution is 2.58. The molecule has 0 aliphatic carbocycles. The third-order valence-electron chi connectivity index (χ3n) is 1.73. The van der Waals surface area contributed by atoms with E-state index in [0.717, 1.165) is 6.42 Å². The van der Waals surface area contributed by atoms with E-state index in [1.54, 1.807) is 0 Å². The average Bonchev–Trinajstić information content (AvgIpc) is 2.18. The third kappa shape index (κ3) is 6.97. The zero-order chi connectivity index (χ0) is 11.7. The van der Waals surface area contributed by atoms with Crippen LogP contribution in [0.3, 0.4) is 0 Å². The minimum Gasteiger partial charge on any atom is -0.310 e. The standard InChI is InChI=1S/C9H19N2O2PS/c1-4-9(3)15-14(12,13-5-2)11-8-6-7-10/h9H,4-6,8H2,1-3H3,(H,11,12). The maximum atomic E-state index is 12.2. The second-order valence-electron chi connectivity index (χ2n) is 3.06. The van der Waals surface area contributed by atoms with E-state index in [4.69, 9.17) is 9.79 Å². The molecule has 0 bridgehead atoms. The molecule has 0 fully saturated rings. The van der Waals surface area contributed by atoms with Gasteiger partial charge in [-0.3, -0.25) is 4.57 Å². The van der Waals surface area contributed by atoms with Crippen molar-refractivity contribution in [2.45, 2.75) is 38.9 Å². The van der Waals surface area contributed by atoms with Gasteiger partial charge in [-0.05, 0) is 13.3 Å². The Kier molecular flexibility index (Phi) is 8.17. The molecular formula is C9H19N2O2PS. The number of rotatable bonds is 8. The lowest BCUT2D eigenvalue weighted by Crippen LogP contribution is -2.13. The summed E-state index contributed by atoms with van der Waals surface area (Å²) in [6.45, 7) is 3.90. The fraction of sp³-hybridized carbons (Fsp3) is 0.889. The van der Waals surface area contributed by atoms with Crippen molar-refractivity contribution in [1.29, 1.82) is 5.26 Å². The van der Waals surface area contributed by atoms with Crippen LogP contribution in [-0.2, 0) is 9.09 Å². The SMILES string of the molecule is CCOP(=O)(NCCC#N)SC(C)CC. The van der Waals surface area contributed by atoms with Crippen LogP contribution in [0.1, 0.15) is 33.6 Å².